The highest BCUT2D eigenvalue weighted by molar-refractivity contribution is 5.81. The summed E-state index contributed by atoms with van der Waals surface area (Å²) in [6.07, 6.45) is 2.73. The van der Waals surface area contributed by atoms with Gasteiger partial charge < -0.3 is 16.4 Å². The first-order valence-electron chi connectivity index (χ1n) is 4.91. The Morgan fingerprint density at radius 2 is 2.23 bits per heavy atom. The Labute approximate surface area is 80.3 Å². The molecule has 0 bridgehead atoms. The second-order valence-electron chi connectivity index (χ2n) is 3.06. The van der Waals surface area contributed by atoms with E-state index in [9.17, 15) is 4.79 Å². The van der Waals surface area contributed by atoms with Gasteiger partial charge in [0.15, 0.2) is 0 Å². The lowest BCUT2D eigenvalue weighted by molar-refractivity contribution is -0.123. The van der Waals surface area contributed by atoms with Crippen LogP contribution in [0.1, 0.15) is 26.2 Å². The summed E-state index contributed by atoms with van der Waals surface area (Å²) in [6, 6.07) is -0.0530. The molecule has 4 N–H and O–H groups in total. The minimum Gasteiger partial charge on any atom is -0.355 e. The summed E-state index contributed by atoms with van der Waals surface area (Å²) in [5.41, 5.74) is 5.32. The van der Waals surface area contributed by atoms with Crippen molar-refractivity contribution in [2.45, 2.75) is 32.2 Å². The van der Waals surface area contributed by atoms with Gasteiger partial charge in [-0.2, -0.15) is 0 Å². The van der Waals surface area contributed by atoms with E-state index in [2.05, 4.69) is 17.6 Å². The van der Waals surface area contributed by atoms with E-state index in [-0.39, 0.29) is 11.9 Å². The molecule has 0 aromatic carbocycles. The van der Waals surface area contributed by atoms with Crippen molar-refractivity contribution in [3.8, 4) is 0 Å². The summed E-state index contributed by atoms with van der Waals surface area (Å²) in [6.45, 7) is 3.37. The lowest BCUT2D eigenvalue weighted by atomic mass is 10.1. The summed E-state index contributed by atoms with van der Waals surface area (Å²) < 4.78 is 0. The minimum absolute atomic E-state index is 0.0530. The largest absolute Gasteiger partial charge is 0.355 e. The van der Waals surface area contributed by atoms with Crippen LogP contribution in [0.3, 0.4) is 0 Å². The molecule has 0 aliphatic heterocycles. The molecule has 1 unspecified atom stereocenters. The highest BCUT2D eigenvalue weighted by Gasteiger charge is 2.13. The van der Waals surface area contributed by atoms with Gasteiger partial charge in [0.1, 0.15) is 0 Å². The molecule has 0 heterocycles. The van der Waals surface area contributed by atoms with Crippen molar-refractivity contribution < 1.29 is 4.79 Å². The highest BCUT2D eigenvalue weighted by atomic mass is 16.2. The monoisotopic (exact) mass is 187 g/mol. The zero-order valence-electron chi connectivity index (χ0n) is 8.60. The van der Waals surface area contributed by atoms with Gasteiger partial charge in [-0.05, 0) is 26.4 Å². The van der Waals surface area contributed by atoms with Crippen LogP contribution in [0.4, 0.5) is 0 Å². The number of nitrogens with two attached hydrogens (primary N) is 1. The van der Waals surface area contributed by atoms with E-state index >= 15 is 0 Å². The summed E-state index contributed by atoms with van der Waals surface area (Å²) in [5.74, 6) is 0.0813. The van der Waals surface area contributed by atoms with Gasteiger partial charge in [0.05, 0.1) is 6.04 Å². The molecule has 1 atom stereocenters. The summed E-state index contributed by atoms with van der Waals surface area (Å²) in [7, 11) is 1.81. The maximum Gasteiger partial charge on any atom is 0.237 e. The van der Waals surface area contributed by atoms with Gasteiger partial charge >= 0.3 is 0 Å². The van der Waals surface area contributed by atoms with E-state index in [4.69, 9.17) is 5.73 Å². The third-order valence-electron chi connectivity index (χ3n) is 1.92. The molecule has 0 rings (SSSR count). The summed E-state index contributed by atoms with van der Waals surface area (Å²) in [4.78, 5) is 11.4. The molecular weight excluding hydrogens is 166 g/mol. The molecule has 0 fully saturated rings. The van der Waals surface area contributed by atoms with Crippen molar-refractivity contribution in [2.75, 3.05) is 20.1 Å². The Kier molecular flexibility index (Phi) is 7.63. The fraction of sp³-hybridized carbons (Fsp3) is 0.889. The number of amides is 1. The first-order chi connectivity index (χ1) is 6.26. The molecule has 0 aromatic rings. The average molecular weight is 187 g/mol. The number of carbonyl (C=O) groups is 1. The van der Waals surface area contributed by atoms with Crippen molar-refractivity contribution in [2.24, 2.45) is 5.73 Å². The second kappa shape index (κ2) is 8.01. The molecule has 4 nitrogen and oxygen atoms in total. The molecule has 0 spiro atoms. The van der Waals surface area contributed by atoms with E-state index in [1.165, 1.54) is 0 Å². The third kappa shape index (κ3) is 5.60. The Bertz CT molecular complexity index is 139. The summed E-state index contributed by atoms with van der Waals surface area (Å²) >= 11 is 0. The van der Waals surface area contributed by atoms with Gasteiger partial charge in [0.25, 0.3) is 0 Å². The molecule has 0 saturated carbocycles. The van der Waals surface area contributed by atoms with Gasteiger partial charge in [-0.3, -0.25) is 4.79 Å². The number of nitrogens with one attached hydrogen (secondary N) is 2. The van der Waals surface area contributed by atoms with Gasteiger partial charge in [-0.25, -0.2) is 0 Å². The van der Waals surface area contributed by atoms with Crippen LogP contribution >= 0.6 is 0 Å². The standard InChI is InChI=1S/C9H21N3O/c1-3-5-8(11-2)9(13)12-7-4-6-10/h8,11H,3-7,10H2,1-2H3,(H,12,13). The van der Waals surface area contributed by atoms with Crippen molar-refractivity contribution in [1.29, 1.82) is 0 Å². The molecule has 0 aromatic heterocycles. The van der Waals surface area contributed by atoms with Gasteiger partial charge in [-0.1, -0.05) is 13.3 Å². The number of rotatable bonds is 7. The van der Waals surface area contributed by atoms with Gasteiger partial charge in [0, 0.05) is 6.54 Å². The van der Waals surface area contributed by atoms with Crippen molar-refractivity contribution in [3.05, 3.63) is 0 Å². The predicted molar refractivity (Wildman–Crippen MR) is 54.4 cm³/mol. The minimum atomic E-state index is -0.0530. The fourth-order valence-corrected chi connectivity index (χ4v) is 1.13. The van der Waals surface area contributed by atoms with Crippen molar-refractivity contribution in [3.63, 3.8) is 0 Å². The molecule has 0 saturated heterocycles. The van der Waals surface area contributed by atoms with Crippen molar-refractivity contribution in [1.82, 2.24) is 10.6 Å². The zero-order valence-corrected chi connectivity index (χ0v) is 8.60. The molecule has 13 heavy (non-hydrogen) atoms. The van der Waals surface area contributed by atoms with Crippen LogP contribution in [0.2, 0.25) is 0 Å². The van der Waals surface area contributed by atoms with Crippen molar-refractivity contribution >= 4 is 5.91 Å². The van der Waals surface area contributed by atoms with Gasteiger partial charge in [0.2, 0.25) is 5.91 Å². The highest BCUT2D eigenvalue weighted by Crippen LogP contribution is 1.95. The van der Waals surface area contributed by atoms with E-state index in [0.29, 0.717) is 13.1 Å². The van der Waals surface area contributed by atoms with Gasteiger partial charge in [-0.15, -0.1) is 0 Å². The third-order valence-corrected chi connectivity index (χ3v) is 1.92. The van der Waals surface area contributed by atoms with E-state index < -0.39 is 0 Å². The SMILES string of the molecule is CCCC(NC)C(=O)NCCCN. The Morgan fingerprint density at radius 1 is 1.54 bits per heavy atom. The zero-order chi connectivity index (χ0) is 10.1. The predicted octanol–water partition coefficient (Wildman–Crippen LogP) is -0.160. The second-order valence-corrected chi connectivity index (χ2v) is 3.06. The molecule has 78 valence electrons. The van der Waals surface area contributed by atoms with E-state index in [1.54, 1.807) is 0 Å². The lowest BCUT2D eigenvalue weighted by Gasteiger charge is -2.14. The Balaban J connectivity index is 3.64. The molecule has 1 amide bonds. The first-order valence-corrected chi connectivity index (χ1v) is 4.91. The maximum absolute atomic E-state index is 11.4. The van der Waals surface area contributed by atoms with Crippen LogP contribution in [-0.4, -0.2) is 32.1 Å². The smallest absolute Gasteiger partial charge is 0.237 e. The lowest BCUT2D eigenvalue weighted by Crippen LogP contribution is -2.43. The van der Waals surface area contributed by atoms with Crippen LogP contribution in [0.15, 0.2) is 0 Å². The van der Waals surface area contributed by atoms with Crippen LogP contribution in [0.5, 0.6) is 0 Å². The number of carbonyl (C=O) groups excluding carboxylic acids is 1. The summed E-state index contributed by atoms with van der Waals surface area (Å²) in [5, 5.41) is 5.82. The number of hydrogen-bond donors (Lipinski definition) is 3. The van der Waals surface area contributed by atoms with E-state index in [1.807, 2.05) is 7.05 Å². The molecule has 0 radical (unpaired) electrons. The molecular formula is C9H21N3O. The molecule has 0 aliphatic carbocycles. The Morgan fingerprint density at radius 3 is 2.69 bits per heavy atom. The van der Waals surface area contributed by atoms with Crippen LogP contribution in [0, 0.1) is 0 Å². The van der Waals surface area contributed by atoms with Crippen LogP contribution in [0.25, 0.3) is 0 Å². The van der Waals surface area contributed by atoms with Crippen LogP contribution in [-0.2, 0) is 4.79 Å². The maximum atomic E-state index is 11.4. The average Bonchev–Trinajstić information content (AvgIpc) is 2.14. The van der Waals surface area contributed by atoms with E-state index in [0.717, 1.165) is 19.3 Å². The quantitative estimate of drug-likeness (QED) is 0.485. The van der Waals surface area contributed by atoms with Crippen LogP contribution < -0.4 is 16.4 Å². The number of hydrogen-bond acceptors (Lipinski definition) is 3. The first kappa shape index (κ1) is 12.4. The number of likely N-dealkylation sites (N-methyl/N-ethyl adjacent to an activating group) is 1. The normalized spacial score (nSPS) is 12.5. The topological polar surface area (TPSA) is 67.2 Å². The Hall–Kier alpha value is -0.610. The molecule has 4 heteroatoms. The molecule has 0 aliphatic rings. The fourth-order valence-electron chi connectivity index (χ4n) is 1.13.